The van der Waals surface area contributed by atoms with E-state index in [1.807, 2.05) is 0 Å². The topological polar surface area (TPSA) is 0 Å². The van der Waals surface area contributed by atoms with E-state index >= 15 is 0 Å². The Labute approximate surface area is 129 Å². The minimum absolute atomic E-state index is 0.188. The maximum Gasteiger partial charge on any atom is 0.00863 e. The van der Waals surface area contributed by atoms with Crippen molar-refractivity contribution in [3.63, 3.8) is 0 Å². The molecule has 0 heterocycles. The quantitative estimate of drug-likeness (QED) is 0.595. The van der Waals surface area contributed by atoms with E-state index in [2.05, 4.69) is 79.3 Å². The fraction of sp³-hybridized carbons (Fsp3) is 0.619. The van der Waals surface area contributed by atoms with Gasteiger partial charge in [0.05, 0.1) is 0 Å². The van der Waals surface area contributed by atoms with Crippen molar-refractivity contribution in [1.29, 1.82) is 0 Å². The van der Waals surface area contributed by atoms with E-state index in [1.54, 1.807) is 0 Å². The molecule has 0 N–H and O–H groups in total. The van der Waals surface area contributed by atoms with Crippen LogP contribution >= 0.6 is 0 Å². The maximum atomic E-state index is 4.62. The monoisotopic (exact) mass is 280 g/mol. The maximum absolute atomic E-state index is 4.62. The van der Waals surface area contributed by atoms with Gasteiger partial charge in [-0.2, -0.15) is 0 Å². The molecule has 6 atom stereocenters. The Morgan fingerprint density at radius 3 is 1.76 bits per heavy atom. The van der Waals surface area contributed by atoms with Crippen LogP contribution in [0.5, 0.6) is 0 Å². The third kappa shape index (κ3) is 0.812. The van der Waals surface area contributed by atoms with Gasteiger partial charge < -0.3 is 0 Å². The van der Waals surface area contributed by atoms with Gasteiger partial charge >= 0.3 is 0 Å². The van der Waals surface area contributed by atoms with Gasteiger partial charge in [-0.1, -0.05) is 83.5 Å². The van der Waals surface area contributed by atoms with E-state index in [1.165, 1.54) is 16.7 Å². The van der Waals surface area contributed by atoms with E-state index < -0.39 is 0 Å². The van der Waals surface area contributed by atoms with Crippen molar-refractivity contribution in [2.45, 2.75) is 53.9 Å². The van der Waals surface area contributed by atoms with Crippen molar-refractivity contribution < 1.29 is 0 Å². The molecule has 0 nitrogen and oxygen atoms in total. The molecule has 4 aliphatic rings. The Bertz CT molecular complexity index is 682. The van der Waals surface area contributed by atoms with Crippen LogP contribution in [0.1, 0.15) is 52.7 Å². The van der Waals surface area contributed by atoms with Crippen LogP contribution in [0.3, 0.4) is 0 Å². The van der Waals surface area contributed by atoms with Crippen LogP contribution in [0.2, 0.25) is 0 Å². The normalized spacial score (nSPS) is 56.9. The van der Waals surface area contributed by atoms with Crippen LogP contribution in [0.15, 0.2) is 36.4 Å². The molecule has 1 aromatic rings. The molecule has 0 saturated heterocycles. The molecule has 112 valence electrons. The molecular weight excluding hydrogens is 252 g/mol. The van der Waals surface area contributed by atoms with Crippen LogP contribution in [-0.4, -0.2) is 0 Å². The lowest BCUT2D eigenvalue weighted by molar-refractivity contribution is 0.167. The zero-order valence-corrected chi connectivity index (χ0v) is 14.6. The van der Waals surface area contributed by atoms with Crippen LogP contribution < -0.4 is 0 Å². The molecular formula is C21H28. The molecule has 0 spiro atoms. The standard InChI is InChI=1S/C21H28/c1-13-9-11-16(12-10-13)20(7)17(4)14(2)18(5)19(6,15(17)3)21(18,20)8/h9-12,15H,2H2,1,3-8H3/t15-,17+,18?,19+,20-,21?/m1/s1. The Morgan fingerprint density at radius 1 is 0.905 bits per heavy atom. The van der Waals surface area contributed by atoms with Gasteiger partial charge in [0, 0.05) is 16.2 Å². The van der Waals surface area contributed by atoms with E-state index in [0.29, 0.717) is 22.2 Å². The largest absolute Gasteiger partial charge is 0.0987 e. The first-order valence-corrected chi connectivity index (χ1v) is 8.33. The van der Waals surface area contributed by atoms with E-state index in [4.69, 9.17) is 0 Å². The highest BCUT2D eigenvalue weighted by Gasteiger charge is 3.01. The van der Waals surface area contributed by atoms with Crippen molar-refractivity contribution in [2.24, 2.45) is 27.6 Å². The molecule has 0 radical (unpaired) electrons. The Morgan fingerprint density at radius 2 is 1.43 bits per heavy atom. The first-order valence-electron chi connectivity index (χ1n) is 8.33. The second-order valence-electron chi connectivity index (χ2n) is 8.85. The summed E-state index contributed by atoms with van der Waals surface area (Å²) in [5.74, 6) is 0.693. The van der Waals surface area contributed by atoms with Crippen LogP contribution in [-0.2, 0) is 5.41 Å². The number of aryl methyl sites for hydroxylation is 1. The van der Waals surface area contributed by atoms with Crippen molar-refractivity contribution >= 4 is 0 Å². The van der Waals surface area contributed by atoms with Crippen molar-refractivity contribution in [1.82, 2.24) is 0 Å². The van der Waals surface area contributed by atoms with E-state index in [0.717, 1.165) is 0 Å². The van der Waals surface area contributed by atoms with Gasteiger partial charge in [0.1, 0.15) is 0 Å². The minimum Gasteiger partial charge on any atom is -0.0987 e. The summed E-state index contributed by atoms with van der Waals surface area (Å²) in [7, 11) is 0. The number of allylic oxidation sites excluding steroid dienone is 1. The van der Waals surface area contributed by atoms with Crippen LogP contribution in [0.4, 0.5) is 0 Å². The van der Waals surface area contributed by atoms with Crippen LogP contribution in [0, 0.1) is 34.5 Å². The van der Waals surface area contributed by atoms with Crippen LogP contribution in [0.25, 0.3) is 0 Å². The van der Waals surface area contributed by atoms with E-state index in [-0.39, 0.29) is 10.8 Å². The lowest BCUT2D eigenvalue weighted by Crippen LogP contribution is -2.41. The smallest absolute Gasteiger partial charge is 0.00863 e. The number of rotatable bonds is 1. The molecule has 1 aromatic carbocycles. The van der Waals surface area contributed by atoms with Gasteiger partial charge in [-0.25, -0.2) is 0 Å². The Hall–Kier alpha value is -1.04. The molecule has 4 fully saturated rings. The molecule has 2 unspecified atom stereocenters. The van der Waals surface area contributed by atoms with Gasteiger partial charge in [0.2, 0.25) is 0 Å². The number of hydrogen-bond donors (Lipinski definition) is 0. The third-order valence-electron chi connectivity index (χ3n) is 9.64. The fourth-order valence-corrected chi connectivity index (χ4v) is 7.75. The summed E-state index contributed by atoms with van der Waals surface area (Å²) in [5, 5.41) is 0. The Balaban J connectivity index is 2.05. The fourth-order valence-electron chi connectivity index (χ4n) is 7.75. The molecule has 4 saturated carbocycles. The predicted octanol–water partition coefficient (Wildman–Crippen LogP) is 5.51. The predicted molar refractivity (Wildman–Crippen MR) is 89.3 cm³/mol. The van der Waals surface area contributed by atoms with Crippen molar-refractivity contribution in [3.8, 4) is 0 Å². The highest BCUT2D eigenvalue weighted by molar-refractivity contribution is 5.64. The van der Waals surface area contributed by atoms with Crippen molar-refractivity contribution in [2.75, 3.05) is 0 Å². The molecule has 0 aromatic heterocycles. The third-order valence-corrected chi connectivity index (χ3v) is 9.64. The SMILES string of the molecule is C=C1C2(C)C3(C)[C@@]2(C)[C@H](C)[C@@]1(C)[C@@]3(C)c1ccc(C)cc1. The summed E-state index contributed by atoms with van der Waals surface area (Å²) in [6, 6.07) is 9.29. The summed E-state index contributed by atoms with van der Waals surface area (Å²) in [5.41, 5.74) is 5.78. The highest BCUT2D eigenvalue weighted by atomic mass is 15.0. The summed E-state index contributed by atoms with van der Waals surface area (Å²) in [6.07, 6.45) is 0. The van der Waals surface area contributed by atoms with Crippen molar-refractivity contribution in [3.05, 3.63) is 47.5 Å². The zero-order valence-electron chi connectivity index (χ0n) is 14.6. The lowest BCUT2D eigenvalue weighted by Gasteiger charge is -2.44. The summed E-state index contributed by atoms with van der Waals surface area (Å²) < 4.78 is 0. The summed E-state index contributed by atoms with van der Waals surface area (Å²) in [4.78, 5) is 0. The van der Waals surface area contributed by atoms with Gasteiger partial charge in [0.15, 0.2) is 0 Å². The number of hydrogen-bond acceptors (Lipinski definition) is 0. The first-order chi connectivity index (χ1) is 9.56. The number of benzene rings is 1. The zero-order chi connectivity index (χ0) is 15.6. The first kappa shape index (κ1) is 13.6. The lowest BCUT2D eigenvalue weighted by atomic mass is 9.59. The molecule has 0 aliphatic heterocycles. The van der Waals surface area contributed by atoms with E-state index in [9.17, 15) is 0 Å². The second-order valence-corrected chi connectivity index (χ2v) is 8.85. The Kier molecular flexibility index (Phi) is 1.96. The second kappa shape index (κ2) is 3.03. The molecule has 4 bridgehead atoms. The average Bonchev–Trinajstić information content (AvgIpc) is 2.73. The highest BCUT2D eigenvalue weighted by Crippen LogP contribution is 3.04. The van der Waals surface area contributed by atoms with Gasteiger partial charge in [-0.05, 0) is 29.2 Å². The van der Waals surface area contributed by atoms with Gasteiger partial charge in [-0.15, -0.1) is 0 Å². The summed E-state index contributed by atoms with van der Waals surface area (Å²) in [6.45, 7) is 21.8. The molecule has 0 heteroatoms. The molecule has 21 heavy (non-hydrogen) atoms. The average molecular weight is 280 g/mol. The molecule has 4 aliphatic carbocycles. The molecule has 5 rings (SSSR count). The van der Waals surface area contributed by atoms with Gasteiger partial charge in [-0.3, -0.25) is 0 Å². The minimum atomic E-state index is 0.188. The summed E-state index contributed by atoms with van der Waals surface area (Å²) >= 11 is 0. The van der Waals surface area contributed by atoms with Gasteiger partial charge in [0.25, 0.3) is 0 Å². The molecule has 0 amide bonds.